The largest absolute Gasteiger partial charge is 0.489 e. The van der Waals surface area contributed by atoms with Gasteiger partial charge in [0.1, 0.15) is 22.8 Å². The summed E-state index contributed by atoms with van der Waals surface area (Å²) in [7, 11) is -1.78. The van der Waals surface area contributed by atoms with Crippen molar-refractivity contribution >= 4 is 47.1 Å². The zero-order chi connectivity index (χ0) is 27.0. The van der Waals surface area contributed by atoms with E-state index < -0.39 is 7.12 Å². The van der Waals surface area contributed by atoms with Crippen molar-refractivity contribution in [1.82, 2.24) is 4.98 Å². The van der Waals surface area contributed by atoms with E-state index in [0.717, 1.165) is 11.1 Å². The SMILES string of the molecule is Cc1cc(C(C)Nc2ccc(Cl)nc2-c2ccc(B(O)O)c(C=O)c2)c2oc(C(C)C)c(C)c(=O)c2c1. The van der Waals surface area contributed by atoms with E-state index in [1.165, 1.54) is 12.1 Å². The Morgan fingerprint density at radius 3 is 2.46 bits per heavy atom. The number of benzene rings is 2. The van der Waals surface area contributed by atoms with E-state index in [2.05, 4.69) is 10.3 Å². The number of fused-ring (bicyclic) bond motifs is 1. The monoisotopic (exact) mass is 518 g/mol. The summed E-state index contributed by atoms with van der Waals surface area (Å²) in [6, 6.07) is 11.6. The van der Waals surface area contributed by atoms with Crippen LogP contribution < -0.4 is 16.2 Å². The first kappa shape index (κ1) is 26.6. The number of carbonyl (C=O) groups excluding carboxylic acids is 1. The Balaban J connectivity index is 1.83. The maximum atomic E-state index is 13.2. The van der Waals surface area contributed by atoms with Crippen LogP contribution in [0.15, 0.2) is 51.7 Å². The average molecular weight is 519 g/mol. The lowest BCUT2D eigenvalue weighted by Crippen LogP contribution is -2.32. The van der Waals surface area contributed by atoms with Crippen LogP contribution >= 0.6 is 11.6 Å². The van der Waals surface area contributed by atoms with Crippen molar-refractivity contribution in [2.75, 3.05) is 5.32 Å². The number of pyridine rings is 1. The zero-order valence-corrected chi connectivity index (χ0v) is 22.1. The predicted octanol–water partition coefficient (Wildman–Crippen LogP) is 4.91. The first-order valence-electron chi connectivity index (χ1n) is 12.0. The number of aromatic nitrogens is 1. The predicted molar refractivity (Wildman–Crippen MR) is 148 cm³/mol. The van der Waals surface area contributed by atoms with Crippen LogP contribution in [0, 0.1) is 13.8 Å². The van der Waals surface area contributed by atoms with Gasteiger partial charge in [-0.25, -0.2) is 4.98 Å². The molecule has 0 saturated carbocycles. The molecule has 3 N–H and O–H groups in total. The van der Waals surface area contributed by atoms with Crippen LogP contribution in [0.1, 0.15) is 65.5 Å². The fourth-order valence-electron chi connectivity index (χ4n) is 4.60. The molecule has 2 aromatic carbocycles. The first-order valence-corrected chi connectivity index (χ1v) is 12.4. The molecule has 190 valence electrons. The van der Waals surface area contributed by atoms with E-state index in [4.69, 9.17) is 16.0 Å². The van der Waals surface area contributed by atoms with Gasteiger partial charge in [-0.3, -0.25) is 9.59 Å². The molecule has 0 saturated heterocycles. The van der Waals surface area contributed by atoms with Crippen LogP contribution in [0.4, 0.5) is 5.69 Å². The average Bonchev–Trinajstić information content (AvgIpc) is 2.86. The Morgan fingerprint density at radius 1 is 1.08 bits per heavy atom. The van der Waals surface area contributed by atoms with Crippen LogP contribution in [-0.4, -0.2) is 28.4 Å². The topological polar surface area (TPSA) is 113 Å². The van der Waals surface area contributed by atoms with Gasteiger partial charge in [-0.1, -0.05) is 43.6 Å². The highest BCUT2D eigenvalue weighted by Crippen LogP contribution is 2.34. The quantitative estimate of drug-likeness (QED) is 0.181. The molecule has 2 aromatic heterocycles. The highest BCUT2D eigenvalue weighted by atomic mass is 35.5. The normalized spacial score (nSPS) is 12.1. The van der Waals surface area contributed by atoms with Gasteiger partial charge in [0.05, 0.1) is 22.8 Å². The van der Waals surface area contributed by atoms with E-state index >= 15 is 0 Å². The Labute approximate surface area is 220 Å². The minimum absolute atomic E-state index is 0.0384. The molecule has 37 heavy (non-hydrogen) atoms. The number of carbonyl (C=O) groups is 1. The lowest BCUT2D eigenvalue weighted by molar-refractivity contribution is 0.112. The smallest absolute Gasteiger partial charge is 0.460 e. The fraction of sp³-hybridized carbons (Fsp3) is 0.250. The summed E-state index contributed by atoms with van der Waals surface area (Å²) in [5.74, 6) is 0.713. The number of halogens is 1. The van der Waals surface area contributed by atoms with Crippen LogP contribution in [0.25, 0.3) is 22.2 Å². The molecule has 0 spiro atoms. The lowest BCUT2D eigenvalue weighted by atomic mass is 9.76. The van der Waals surface area contributed by atoms with Gasteiger partial charge in [0.2, 0.25) is 0 Å². The molecule has 0 bridgehead atoms. The summed E-state index contributed by atoms with van der Waals surface area (Å²) in [4.78, 5) is 29.2. The van der Waals surface area contributed by atoms with Crippen LogP contribution in [0.3, 0.4) is 0 Å². The minimum Gasteiger partial charge on any atom is -0.460 e. The van der Waals surface area contributed by atoms with Crippen molar-refractivity contribution in [3.05, 3.63) is 85.9 Å². The van der Waals surface area contributed by atoms with E-state index in [9.17, 15) is 19.6 Å². The van der Waals surface area contributed by atoms with Gasteiger partial charge in [-0.2, -0.15) is 0 Å². The summed E-state index contributed by atoms with van der Waals surface area (Å²) in [6.07, 6.45) is 0.563. The molecule has 0 fully saturated rings. The molecule has 0 aliphatic heterocycles. The maximum absolute atomic E-state index is 13.2. The third-order valence-electron chi connectivity index (χ3n) is 6.42. The number of anilines is 1. The number of nitrogens with zero attached hydrogens (tertiary/aromatic N) is 1. The Hall–Kier alpha value is -3.46. The fourth-order valence-corrected chi connectivity index (χ4v) is 4.75. The number of aryl methyl sites for hydroxylation is 1. The van der Waals surface area contributed by atoms with E-state index in [1.807, 2.05) is 39.8 Å². The van der Waals surface area contributed by atoms with Crippen molar-refractivity contribution in [2.24, 2.45) is 0 Å². The Morgan fingerprint density at radius 2 is 1.81 bits per heavy atom. The molecule has 4 aromatic rings. The molecular formula is C28H28BClN2O5. The van der Waals surface area contributed by atoms with Crippen molar-refractivity contribution in [3.63, 3.8) is 0 Å². The summed E-state index contributed by atoms with van der Waals surface area (Å²) in [5.41, 5.74) is 4.80. The third-order valence-corrected chi connectivity index (χ3v) is 6.63. The van der Waals surface area contributed by atoms with Crippen molar-refractivity contribution in [1.29, 1.82) is 0 Å². The number of hydrogen-bond donors (Lipinski definition) is 3. The highest BCUT2D eigenvalue weighted by molar-refractivity contribution is 6.60. The molecule has 1 atom stereocenters. The molecule has 0 radical (unpaired) electrons. The molecule has 0 aliphatic rings. The summed E-state index contributed by atoms with van der Waals surface area (Å²) >= 11 is 6.22. The van der Waals surface area contributed by atoms with Crippen molar-refractivity contribution < 1.29 is 19.3 Å². The number of nitrogens with one attached hydrogen (secondary N) is 1. The van der Waals surface area contributed by atoms with Gasteiger partial charge >= 0.3 is 7.12 Å². The van der Waals surface area contributed by atoms with Gasteiger partial charge in [0.15, 0.2) is 5.43 Å². The summed E-state index contributed by atoms with van der Waals surface area (Å²) in [5, 5.41) is 23.4. The van der Waals surface area contributed by atoms with E-state index in [0.29, 0.717) is 45.5 Å². The standard InChI is InChI=1S/C28H28BClN2O5/c1-14(2)27-16(4)26(34)21-11-15(3)10-20(28(21)37-27)17(5)31-23-8-9-24(30)32-25(23)18-6-7-22(29(35)36)19(12-18)13-33/h6-14,17,31,35-36H,1-5H3. The molecule has 0 amide bonds. The lowest BCUT2D eigenvalue weighted by Gasteiger charge is -2.21. The Bertz CT molecular complexity index is 1560. The molecule has 4 rings (SSSR count). The second-order valence-corrected chi connectivity index (χ2v) is 9.92. The molecule has 9 heteroatoms. The molecule has 0 aliphatic carbocycles. The van der Waals surface area contributed by atoms with Gasteiger partial charge in [0, 0.05) is 28.2 Å². The second kappa shape index (κ2) is 10.5. The second-order valence-electron chi connectivity index (χ2n) is 9.54. The molecule has 1 unspecified atom stereocenters. The molecular weight excluding hydrogens is 491 g/mol. The van der Waals surface area contributed by atoms with Crippen molar-refractivity contribution in [2.45, 2.75) is 46.6 Å². The van der Waals surface area contributed by atoms with Gasteiger partial charge in [-0.15, -0.1) is 0 Å². The Kier molecular flexibility index (Phi) is 7.55. The van der Waals surface area contributed by atoms with Crippen LogP contribution in [0.2, 0.25) is 5.15 Å². The van der Waals surface area contributed by atoms with E-state index in [-0.39, 0.29) is 33.6 Å². The first-order chi connectivity index (χ1) is 17.5. The molecule has 2 heterocycles. The van der Waals surface area contributed by atoms with Crippen LogP contribution in [-0.2, 0) is 0 Å². The van der Waals surface area contributed by atoms with Gasteiger partial charge < -0.3 is 19.8 Å². The molecule has 7 nitrogen and oxygen atoms in total. The number of aldehydes is 1. The van der Waals surface area contributed by atoms with Gasteiger partial charge in [-0.05, 0) is 56.1 Å². The zero-order valence-electron chi connectivity index (χ0n) is 21.3. The summed E-state index contributed by atoms with van der Waals surface area (Å²) < 4.78 is 6.32. The number of rotatable bonds is 7. The van der Waals surface area contributed by atoms with E-state index in [1.54, 1.807) is 25.1 Å². The van der Waals surface area contributed by atoms with Gasteiger partial charge in [0.25, 0.3) is 0 Å². The number of hydrogen-bond acceptors (Lipinski definition) is 7. The summed E-state index contributed by atoms with van der Waals surface area (Å²) in [6.45, 7) is 9.68. The maximum Gasteiger partial charge on any atom is 0.489 e. The minimum atomic E-state index is -1.78. The van der Waals surface area contributed by atoms with Crippen LogP contribution in [0.5, 0.6) is 0 Å². The van der Waals surface area contributed by atoms with Crippen molar-refractivity contribution in [3.8, 4) is 11.3 Å². The highest BCUT2D eigenvalue weighted by Gasteiger charge is 2.21. The third kappa shape index (κ3) is 5.18.